The van der Waals surface area contributed by atoms with Gasteiger partial charge in [-0.1, -0.05) is 6.07 Å². The topological polar surface area (TPSA) is 52.6 Å². The molecule has 1 aromatic carbocycles. The van der Waals surface area contributed by atoms with Crippen LogP contribution in [0.25, 0.3) is 6.08 Å². The van der Waals surface area contributed by atoms with E-state index in [1.165, 1.54) is 20.3 Å². The van der Waals surface area contributed by atoms with Crippen molar-refractivity contribution in [2.75, 3.05) is 14.2 Å². The summed E-state index contributed by atoms with van der Waals surface area (Å²) in [7, 11) is 2.64. The highest BCUT2D eigenvalue weighted by Crippen LogP contribution is 2.12. The van der Waals surface area contributed by atoms with E-state index < -0.39 is 11.9 Å². The molecule has 90 valence electrons. The molecule has 0 saturated heterocycles. The lowest BCUT2D eigenvalue weighted by atomic mass is 10.1. The Kier molecular flexibility index (Phi) is 4.46. The molecule has 0 heterocycles. The molecule has 0 amide bonds. The number of benzene rings is 1. The number of ether oxygens (including phenoxy) is 2. The second-order valence-corrected chi connectivity index (χ2v) is 3.48. The van der Waals surface area contributed by atoms with Crippen molar-refractivity contribution >= 4 is 18.0 Å². The third-order valence-electron chi connectivity index (χ3n) is 2.13. The number of carbonyl (C=O) groups is 2. The summed E-state index contributed by atoms with van der Waals surface area (Å²) < 4.78 is 9.12. The summed E-state index contributed by atoms with van der Waals surface area (Å²) in [6, 6.07) is 5.23. The van der Waals surface area contributed by atoms with Crippen LogP contribution in [0.4, 0.5) is 0 Å². The van der Waals surface area contributed by atoms with Crippen molar-refractivity contribution in [2.45, 2.75) is 6.92 Å². The molecule has 0 aliphatic rings. The van der Waals surface area contributed by atoms with Gasteiger partial charge in [-0.05, 0) is 36.3 Å². The molecule has 0 spiro atoms. The second-order valence-electron chi connectivity index (χ2n) is 3.48. The number of hydrogen-bond acceptors (Lipinski definition) is 4. The lowest BCUT2D eigenvalue weighted by molar-refractivity contribution is -0.134. The summed E-state index contributed by atoms with van der Waals surface area (Å²) in [6.45, 7) is 1.86. The molecule has 4 heteroatoms. The summed E-state index contributed by atoms with van der Waals surface area (Å²) >= 11 is 0. The van der Waals surface area contributed by atoms with Gasteiger partial charge in [-0.2, -0.15) is 0 Å². The van der Waals surface area contributed by atoms with Crippen LogP contribution < -0.4 is 0 Å². The Labute approximate surface area is 99.8 Å². The molecular weight excluding hydrogens is 220 g/mol. The number of rotatable bonds is 3. The molecule has 0 radical (unpaired) electrons. The second kappa shape index (κ2) is 5.84. The molecule has 1 aromatic rings. The van der Waals surface area contributed by atoms with Gasteiger partial charge in [0.05, 0.1) is 19.8 Å². The first-order valence-electron chi connectivity index (χ1n) is 5.03. The fourth-order valence-electron chi connectivity index (χ4n) is 1.38. The summed E-state index contributed by atoms with van der Waals surface area (Å²) in [5, 5.41) is 0. The Morgan fingerprint density at radius 2 is 1.82 bits per heavy atom. The highest BCUT2D eigenvalue weighted by atomic mass is 16.5. The maximum absolute atomic E-state index is 11.4. The highest BCUT2D eigenvalue weighted by molar-refractivity contribution is 5.91. The van der Waals surface area contributed by atoms with E-state index in [-0.39, 0.29) is 0 Å². The third-order valence-corrected chi connectivity index (χ3v) is 2.13. The van der Waals surface area contributed by atoms with Gasteiger partial charge in [-0.25, -0.2) is 9.59 Å². The monoisotopic (exact) mass is 234 g/mol. The Bertz CT molecular complexity index is 460. The van der Waals surface area contributed by atoms with E-state index in [1.807, 2.05) is 13.0 Å². The van der Waals surface area contributed by atoms with Crippen LogP contribution in [0.5, 0.6) is 0 Å². The fourth-order valence-corrected chi connectivity index (χ4v) is 1.38. The molecule has 0 aliphatic heterocycles. The van der Waals surface area contributed by atoms with E-state index in [1.54, 1.807) is 18.2 Å². The maximum atomic E-state index is 11.4. The molecule has 0 saturated carbocycles. The van der Waals surface area contributed by atoms with Crippen LogP contribution in [0.15, 0.2) is 24.3 Å². The van der Waals surface area contributed by atoms with Gasteiger partial charge in [0.1, 0.15) is 0 Å². The SMILES string of the molecule is COC(=O)/C=C/c1cc(C)cc(C(=O)OC)c1. The zero-order chi connectivity index (χ0) is 12.8. The summed E-state index contributed by atoms with van der Waals surface area (Å²) in [4.78, 5) is 22.3. The zero-order valence-corrected chi connectivity index (χ0v) is 10.0. The first kappa shape index (κ1) is 13.0. The Morgan fingerprint density at radius 1 is 1.12 bits per heavy atom. The summed E-state index contributed by atoms with van der Waals surface area (Å²) in [5.41, 5.74) is 2.12. The summed E-state index contributed by atoms with van der Waals surface area (Å²) in [5.74, 6) is -0.840. The van der Waals surface area contributed by atoms with Crippen LogP contribution in [-0.2, 0) is 14.3 Å². The van der Waals surface area contributed by atoms with Crippen molar-refractivity contribution < 1.29 is 19.1 Å². The fraction of sp³-hybridized carbons (Fsp3) is 0.231. The molecule has 0 unspecified atom stereocenters. The molecule has 0 aromatic heterocycles. The normalized spacial score (nSPS) is 10.3. The van der Waals surface area contributed by atoms with Crippen LogP contribution in [0, 0.1) is 6.92 Å². The molecule has 1 rings (SSSR count). The first-order valence-corrected chi connectivity index (χ1v) is 5.03. The smallest absolute Gasteiger partial charge is 0.337 e. The maximum Gasteiger partial charge on any atom is 0.337 e. The molecule has 0 bridgehead atoms. The molecular formula is C13H14O4. The van der Waals surface area contributed by atoms with Gasteiger partial charge in [0.15, 0.2) is 0 Å². The Morgan fingerprint density at radius 3 is 2.41 bits per heavy atom. The Balaban J connectivity index is 3.01. The number of esters is 2. The van der Waals surface area contributed by atoms with Crippen LogP contribution >= 0.6 is 0 Å². The number of carbonyl (C=O) groups excluding carboxylic acids is 2. The molecule has 17 heavy (non-hydrogen) atoms. The first-order chi connectivity index (χ1) is 8.06. The minimum Gasteiger partial charge on any atom is -0.466 e. The van der Waals surface area contributed by atoms with Crippen molar-refractivity contribution in [3.63, 3.8) is 0 Å². The van der Waals surface area contributed by atoms with Gasteiger partial charge in [0, 0.05) is 6.08 Å². The van der Waals surface area contributed by atoms with Crippen LogP contribution in [-0.4, -0.2) is 26.2 Å². The third kappa shape index (κ3) is 3.75. The highest BCUT2D eigenvalue weighted by Gasteiger charge is 2.06. The minimum absolute atomic E-state index is 0.401. The van der Waals surface area contributed by atoms with Gasteiger partial charge in [-0.15, -0.1) is 0 Å². The molecule has 0 fully saturated rings. The number of hydrogen-bond donors (Lipinski definition) is 0. The number of aryl methyl sites for hydroxylation is 1. The average molecular weight is 234 g/mol. The van der Waals surface area contributed by atoms with E-state index in [4.69, 9.17) is 0 Å². The zero-order valence-electron chi connectivity index (χ0n) is 10.0. The quantitative estimate of drug-likeness (QED) is 0.592. The standard InChI is InChI=1S/C13H14O4/c1-9-6-10(4-5-12(14)16-2)8-11(7-9)13(15)17-3/h4-8H,1-3H3/b5-4+. The molecule has 4 nitrogen and oxygen atoms in total. The van der Waals surface area contributed by atoms with Crippen molar-refractivity contribution in [3.05, 3.63) is 41.0 Å². The lowest BCUT2D eigenvalue weighted by Crippen LogP contribution is -2.02. The predicted octanol–water partition coefficient (Wildman–Crippen LogP) is 1.97. The van der Waals surface area contributed by atoms with Gasteiger partial charge < -0.3 is 9.47 Å². The van der Waals surface area contributed by atoms with E-state index in [9.17, 15) is 9.59 Å². The Hall–Kier alpha value is -2.10. The van der Waals surface area contributed by atoms with Crippen LogP contribution in [0.3, 0.4) is 0 Å². The van der Waals surface area contributed by atoms with Crippen LogP contribution in [0.1, 0.15) is 21.5 Å². The lowest BCUT2D eigenvalue weighted by Gasteiger charge is -2.03. The van der Waals surface area contributed by atoms with Crippen LogP contribution in [0.2, 0.25) is 0 Å². The summed E-state index contributed by atoms with van der Waals surface area (Å²) in [6.07, 6.45) is 2.89. The predicted molar refractivity (Wildman–Crippen MR) is 63.6 cm³/mol. The van der Waals surface area contributed by atoms with Gasteiger partial charge in [-0.3, -0.25) is 0 Å². The molecule has 0 aliphatic carbocycles. The van der Waals surface area contributed by atoms with E-state index >= 15 is 0 Å². The van der Waals surface area contributed by atoms with Crippen molar-refractivity contribution in [2.24, 2.45) is 0 Å². The minimum atomic E-state index is -0.439. The number of methoxy groups -OCH3 is 2. The van der Waals surface area contributed by atoms with E-state index in [0.29, 0.717) is 5.56 Å². The van der Waals surface area contributed by atoms with Crippen molar-refractivity contribution in [3.8, 4) is 0 Å². The van der Waals surface area contributed by atoms with E-state index in [2.05, 4.69) is 9.47 Å². The van der Waals surface area contributed by atoms with E-state index in [0.717, 1.165) is 11.1 Å². The van der Waals surface area contributed by atoms with Gasteiger partial charge in [0.2, 0.25) is 0 Å². The molecule has 0 atom stereocenters. The largest absolute Gasteiger partial charge is 0.466 e. The van der Waals surface area contributed by atoms with Gasteiger partial charge >= 0.3 is 11.9 Å². The average Bonchev–Trinajstić information content (AvgIpc) is 2.34. The van der Waals surface area contributed by atoms with Crippen molar-refractivity contribution in [1.82, 2.24) is 0 Å². The van der Waals surface area contributed by atoms with Gasteiger partial charge in [0.25, 0.3) is 0 Å². The van der Waals surface area contributed by atoms with Crippen molar-refractivity contribution in [1.29, 1.82) is 0 Å². The molecule has 0 N–H and O–H groups in total.